The number of nitrogens with zero attached hydrogens (tertiary/aromatic N) is 1. The lowest BCUT2D eigenvalue weighted by Crippen LogP contribution is -2.44. The number of carbonyl (C=O) groups is 1. The van der Waals surface area contributed by atoms with Crippen LogP contribution in [0.1, 0.15) is 24.0 Å². The largest absolute Gasteiger partial charge is 0.494 e. The van der Waals surface area contributed by atoms with Crippen molar-refractivity contribution in [3.63, 3.8) is 0 Å². The second kappa shape index (κ2) is 8.66. The van der Waals surface area contributed by atoms with Crippen molar-refractivity contribution < 1.29 is 13.9 Å². The van der Waals surface area contributed by atoms with Crippen LogP contribution in [0.5, 0.6) is 5.75 Å². The van der Waals surface area contributed by atoms with E-state index in [1.54, 1.807) is 6.07 Å². The fourth-order valence-corrected chi connectivity index (χ4v) is 4.03. The van der Waals surface area contributed by atoms with E-state index in [9.17, 15) is 9.18 Å². The van der Waals surface area contributed by atoms with E-state index < -0.39 is 0 Å². The predicted molar refractivity (Wildman–Crippen MR) is 111 cm³/mol. The van der Waals surface area contributed by atoms with Gasteiger partial charge < -0.3 is 15.0 Å². The van der Waals surface area contributed by atoms with Gasteiger partial charge in [-0.3, -0.25) is 9.69 Å². The van der Waals surface area contributed by atoms with Crippen LogP contribution in [0.4, 0.5) is 4.39 Å². The van der Waals surface area contributed by atoms with Gasteiger partial charge in [-0.25, -0.2) is 4.39 Å². The molecular weight excluding hydrogens is 369 g/mol. The smallest absolute Gasteiger partial charge is 0.224 e. The van der Waals surface area contributed by atoms with Crippen molar-refractivity contribution in [2.24, 2.45) is 0 Å². The number of H-pyrrole nitrogens is 1. The Morgan fingerprint density at radius 2 is 2.03 bits per heavy atom. The van der Waals surface area contributed by atoms with Crippen LogP contribution in [-0.4, -0.2) is 42.0 Å². The molecule has 5 nitrogen and oxygen atoms in total. The summed E-state index contributed by atoms with van der Waals surface area (Å²) in [5.74, 6) is 0.000213. The van der Waals surface area contributed by atoms with Crippen LogP contribution in [0.2, 0.25) is 0 Å². The van der Waals surface area contributed by atoms with E-state index in [0.717, 1.165) is 48.0 Å². The van der Waals surface area contributed by atoms with E-state index in [4.69, 9.17) is 4.74 Å². The van der Waals surface area contributed by atoms with E-state index in [1.807, 2.05) is 36.5 Å². The molecule has 2 aromatic carbocycles. The van der Waals surface area contributed by atoms with Gasteiger partial charge >= 0.3 is 0 Å². The maximum Gasteiger partial charge on any atom is 0.224 e. The van der Waals surface area contributed by atoms with Gasteiger partial charge in [0.2, 0.25) is 5.91 Å². The van der Waals surface area contributed by atoms with Crippen LogP contribution >= 0.6 is 0 Å². The number of carbonyl (C=O) groups excluding carboxylic acids is 1. The number of hydrogen-bond donors (Lipinski definition) is 2. The van der Waals surface area contributed by atoms with Gasteiger partial charge in [0, 0.05) is 42.8 Å². The van der Waals surface area contributed by atoms with Crippen LogP contribution < -0.4 is 10.1 Å². The number of fused-ring (bicyclic) bond motifs is 1. The van der Waals surface area contributed by atoms with E-state index >= 15 is 0 Å². The molecule has 29 heavy (non-hydrogen) atoms. The quantitative estimate of drug-likeness (QED) is 0.670. The standard InChI is InChI=1S/C23H26FN3O2/c1-29-22-7-6-16(12-20(22)24)15-27-10-8-18(9-11-27)26-23(28)13-17-14-25-21-5-3-2-4-19(17)21/h2-7,12,14,18,25H,8-11,13,15H2,1H3,(H,26,28). The van der Waals surface area contributed by atoms with Crippen LogP contribution in [-0.2, 0) is 17.8 Å². The zero-order valence-corrected chi connectivity index (χ0v) is 16.6. The topological polar surface area (TPSA) is 57.4 Å². The van der Waals surface area contributed by atoms with Gasteiger partial charge in [-0.15, -0.1) is 0 Å². The molecule has 0 aliphatic carbocycles. The van der Waals surface area contributed by atoms with Gasteiger partial charge in [-0.05, 0) is 42.2 Å². The molecule has 0 unspecified atom stereocenters. The summed E-state index contributed by atoms with van der Waals surface area (Å²) in [6.45, 7) is 2.47. The first-order valence-electron chi connectivity index (χ1n) is 10.0. The van der Waals surface area contributed by atoms with Crippen molar-refractivity contribution in [1.29, 1.82) is 0 Å². The molecule has 1 aliphatic rings. The van der Waals surface area contributed by atoms with Gasteiger partial charge in [0.15, 0.2) is 11.6 Å². The third-order valence-electron chi connectivity index (χ3n) is 5.60. The van der Waals surface area contributed by atoms with Crippen LogP contribution in [0.25, 0.3) is 10.9 Å². The van der Waals surface area contributed by atoms with Crippen molar-refractivity contribution >= 4 is 16.8 Å². The highest BCUT2D eigenvalue weighted by Gasteiger charge is 2.21. The maximum absolute atomic E-state index is 13.9. The van der Waals surface area contributed by atoms with E-state index in [2.05, 4.69) is 15.2 Å². The molecular formula is C23H26FN3O2. The van der Waals surface area contributed by atoms with Crippen molar-refractivity contribution in [3.8, 4) is 5.75 Å². The summed E-state index contributed by atoms with van der Waals surface area (Å²) in [5, 5.41) is 4.28. The predicted octanol–water partition coefficient (Wildman–Crippen LogP) is 3.64. The maximum atomic E-state index is 13.9. The first-order chi connectivity index (χ1) is 14.1. The number of aromatic amines is 1. The molecule has 0 radical (unpaired) electrons. The lowest BCUT2D eigenvalue weighted by molar-refractivity contribution is -0.121. The zero-order valence-electron chi connectivity index (χ0n) is 16.6. The molecule has 0 bridgehead atoms. The zero-order chi connectivity index (χ0) is 20.2. The number of piperidine rings is 1. The van der Waals surface area contributed by atoms with Crippen molar-refractivity contribution in [1.82, 2.24) is 15.2 Å². The fraction of sp³-hybridized carbons (Fsp3) is 0.348. The van der Waals surface area contributed by atoms with Gasteiger partial charge in [0.1, 0.15) is 0 Å². The molecule has 1 aliphatic heterocycles. The molecule has 2 N–H and O–H groups in total. The van der Waals surface area contributed by atoms with Gasteiger partial charge in [0.25, 0.3) is 0 Å². The summed E-state index contributed by atoms with van der Waals surface area (Å²) < 4.78 is 18.8. The summed E-state index contributed by atoms with van der Waals surface area (Å²) >= 11 is 0. The Bertz CT molecular complexity index is 993. The number of amides is 1. The monoisotopic (exact) mass is 395 g/mol. The highest BCUT2D eigenvalue weighted by Crippen LogP contribution is 2.21. The number of ether oxygens (including phenoxy) is 1. The number of hydrogen-bond acceptors (Lipinski definition) is 3. The molecule has 2 heterocycles. The van der Waals surface area contributed by atoms with Crippen LogP contribution in [0.15, 0.2) is 48.7 Å². The number of para-hydroxylation sites is 1. The van der Waals surface area contributed by atoms with Crippen LogP contribution in [0, 0.1) is 5.82 Å². The van der Waals surface area contributed by atoms with Gasteiger partial charge in [-0.2, -0.15) is 0 Å². The Hall–Kier alpha value is -2.86. The number of benzene rings is 2. The second-order valence-corrected chi connectivity index (χ2v) is 7.62. The minimum atomic E-state index is -0.329. The van der Waals surface area contributed by atoms with Crippen LogP contribution in [0.3, 0.4) is 0 Å². The lowest BCUT2D eigenvalue weighted by atomic mass is 10.0. The number of likely N-dealkylation sites (tertiary alicyclic amines) is 1. The van der Waals surface area contributed by atoms with Crippen molar-refractivity contribution in [3.05, 3.63) is 65.6 Å². The number of halogens is 1. The molecule has 6 heteroatoms. The normalized spacial score (nSPS) is 15.5. The Kier molecular flexibility index (Phi) is 5.81. The second-order valence-electron chi connectivity index (χ2n) is 7.62. The average Bonchev–Trinajstić information content (AvgIpc) is 3.12. The minimum Gasteiger partial charge on any atom is -0.494 e. The highest BCUT2D eigenvalue weighted by atomic mass is 19.1. The fourth-order valence-electron chi connectivity index (χ4n) is 4.03. The SMILES string of the molecule is COc1ccc(CN2CCC(NC(=O)Cc3c[nH]c4ccccc34)CC2)cc1F. The molecule has 152 valence electrons. The third-order valence-corrected chi connectivity index (χ3v) is 5.60. The Balaban J connectivity index is 1.26. The number of methoxy groups -OCH3 is 1. The molecule has 1 fully saturated rings. The van der Waals surface area contributed by atoms with E-state index in [-0.39, 0.29) is 23.5 Å². The lowest BCUT2D eigenvalue weighted by Gasteiger charge is -2.32. The summed E-state index contributed by atoms with van der Waals surface area (Å²) in [5.41, 5.74) is 3.01. The molecule has 0 saturated carbocycles. The molecule has 1 amide bonds. The minimum absolute atomic E-state index is 0.0606. The summed E-state index contributed by atoms with van der Waals surface area (Å²) in [6.07, 6.45) is 4.10. The Morgan fingerprint density at radius 3 is 2.79 bits per heavy atom. The van der Waals surface area contributed by atoms with Crippen molar-refractivity contribution in [2.45, 2.75) is 31.8 Å². The molecule has 3 aromatic rings. The molecule has 1 saturated heterocycles. The molecule has 0 spiro atoms. The van der Waals surface area contributed by atoms with Gasteiger partial charge in [-0.1, -0.05) is 24.3 Å². The molecule has 4 rings (SSSR count). The van der Waals surface area contributed by atoms with Crippen molar-refractivity contribution in [2.75, 3.05) is 20.2 Å². The summed E-state index contributed by atoms with van der Waals surface area (Å²) in [6, 6.07) is 13.3. The first-order valence-corrected chi connectivity index (χ1v) is 10.0. The molecule has 0 atom stereocenters. The van der Waals surface area contributed by atoms with E-state index in [1.165, 1.54) is 13.2 Å². The Labute approximate surface area is 169 Å². The Morgan fingerprint density at radius 1 is 1.24 bits per heavy atom. The first kappa shape index (κ1) is 19.5. The average molecular weight is 395 g/mol. The molecule has 1 aromatic heterocycles. The summed E-state index contributed by atoms with van der Waals surface area (Å²) in [4.78, 5) is 18.0. The number of rotatable bonds is 6. The number of nitrogens with one attached hydrogen (secondary N) is 2. The highest BCUT2D eigenvalue weighted by molar-refractivity contribution is 5.88. The van der Waals surface area contributed by atoms with E-state index in [0.29, 0.717) is 13.0 Å². The van der Waals surface area contributed by atoms with Gasteiger partial charge in [0.05, 0.1) is 13.5 Å². The third kappa shape index (κ3) is 4.59. The summed E-state index contributed by atoms with van der Waals surface area (Å²) in [7, 11) is 1.47. The number of aromatic nitrogens is 1.